The van der Waals surface area contributed by atoms with E-state index in [0.717, 1.165) is 28.2 Å². The first kappa shape index (κ1) is 16.6. The molecule has 2 rings (SSSR count). The van der Waals surface area contributed by atoms with Crippen molar-refractivity contribution in [2.24, 2.45) is 0 Å². The molecular formula is C19H20O4. The molecule has 0 amide bonds. The molecule has 0 atom stereocenters. The summed E-state index contributed by atoms with van der Waals surface area (Å²) in [5, 5.41) is 0. The van der Waals surface area contributed by atoms with Gasteiger partial charge >= 0.3 is 5.97 Å². The van der Waals surface area contributed by atoms with Crippen molar-refractivity contribution in [3.8, 4) is 11.5 Å². The summed E-state index contributed by atoms with van der Waals surface area (Å²) in [6, 6.07) is 15.1. The van der Waals surface area contributed by atoms with Crippen LogP contribution in [0.5, 0.6) is 11.5 Å². The third kappa shape index (κ3) is 4.36. The molecule has 0 aliphatic heterocycles. The largest absolute Gasteiger partial charge is 0.497 e. The minimum atomic E-state index is -0.367. The van der Waals surface area contributed by atoms with Gasteiger partial charge in [0.25, 0.3) is 0 Å². The standard InChI is InChI=1S/C19H20O4/c1-4-23-19(20)13-18(14-5-9-16(21-2)10-6-14)15-7-11-17(22-3)12-8-15/h5-13H,4H2,1-3H3. The Balaban J connectivity index is 2.43. The predicted octanol–water partition coefficient (Wildman–Crippen LogP) is 3.70. The van der Waals surface area contributed by atoms with Crippen molar-refractivity contribution >= 4 is 11.5 Å². The molecule has 2 aromatic rings. The third-order valence-electron chi connectivity index (χ3n) is 3.35. The molecule has 0 unspecified atom stereocenters. The number of benzene rings is 2. The van der Waals surface area contributed by atoms with E-state index < -0.39 is 0 Å². The van der Waals surface area contributed by atoms with Crippen molar-refractivity contribution in [3.05, 3.63) is 65.7 Å². The van der Waals surface area contributed by atoms with Crippen LogP contribution in [0.4, 0.5) is 0 Å². The lowest BCUT2D eigenvalue weighted by Gasteiger charge is -2.10. The van der Waals surface area contributed by atoms with Crippen molar-refractivity contribution in [2.75, 3.05) is 20.8 Å². The summed E-state index contributed by atoms with van der Waals surface area (Å²) >= 11 is 0. The number of carbonyl (C=O) groups excluding carboxylic acids is 1. The molecule has 0 aromatic heterocycles. The Labute approximate surface area is 136 Å². The Morgan fingerprint density at radius 2 is 1.30 bits per heavy atom. The van der Waals surface area contributed by atoms with E-state index in [4.69, 9.17) is 14.2 Å². The quantitative estimate of drug-likeness (QED) is 0.602. The van der Waals surface area contributed by atoms with Crippen molar-refractivity contribution < 1.29 is 19.0 Å². The second-order valence-electron chi connectivity index (χ2n) is 4.77. The minimum Gasteiger partial charge on any atom is -0.497 e. The van der Waals surface area contributed by atoms with Crippen LogP contribution in [0.2, 0.25) is 0 Å². The predicted molar refractivity (Wildman–Crippen MR) is 89.7 cm³/mol. The third-order valence-corrected chi connectivity index (χ3v) is 3.35. The zero-order valence-electron chi connectivity index (χ0n) is 13.5. The van der Waals surface area contributed by atoms with Crippen LogP contribution in [-0.2, 0) is 9.53 Å². The molecule has 120 valence electrons. The number of hydrogen-bond acceptors (Lipinski definition) is 4. The van der Waals surface area contributed by atoms with Gasteiger partial charge in [0.1, 0.15) is 11.5 Å². The molecule has 0 radical (unpaired) electrons. The van der Waals surface area contributed by atoms with Crippen molar-refractivity contribution in [3.63, 3.8) is 0 Å². The van der Waals surface area contributed by atoms with Crippen LogP contribution in [-0.4, -0.2) is 26.8 Å². The molecule has 0 saturated heterocycles. The van der Waals surface area contributed by atoms with E-state index in [1.807, 2.05) is 48.5 Å². The van der Waals surface area contributed by atoms with E-state index in [1.165, 1.54) is 6.08 Å². The second-order valence-corrected chi connectivity index (χ2v) is 4.77. The number of hydrogen-bond donors (Lipinski definition) is 0. The highest BCUT2D eigenvalue weighted by atomic mass is 16.5. The maximum absolute atomic E-state index is 11.9. The lowest BCUT2D eigenvalue weighted by Crippen LogP contribution is -2.02. The summed E-state index contributed by atoms with van der Waals surface area (Å²) in [6.07, 6.45) is 1.51. The first-order valence-electron chi connectivity index (χ1n) is 7.35. The van der Waals surface area contributed by atoms with E-state index in [1.54, 1.807) is 21.1 Å². The number of ether oxygens (including phenoxy) is 3. The number of esters is 1. The average Bonchev–Trinajstić information content (AvgIpc) is 2.60. The molecule has 0 saturated carbocycles. The van der Waals surface area contributed by atoms with E-state index in [0.29, 0.717) is 6.61 Å². The Bertz CT molecular complexity index is 620. The van der Waals surface area contributed by atoms with Gasteiger partial charge in [0.15, 0.2) is 0 Å². The topological polar surface area (TPSA) is 44.8 Å². The van der Waals surface area contributed by atoms with Gasteiger partial charge < -0.3 is 14.2 Å². The maximum atomic E-state index is 11.9. The second kappa shape index (κ2) is 8.03. The summed E-state index contributed by atoms with van der Waals surface area (Å²) in [6.45, 7) is 2.13. The molecule has 0 spiro atoms. The highest BCUT2D eigenvalue weighted by molar-refractivity contribution is 5.96. The van der Waals surface area contributed by atoms with Crippen LogP contribution in [0.25, 0.3) is 5.57 Å². The fourth-order valence-electron chi connectivity index (χ4n) is 2.18. The maximum Gasteiger partial charge on any atom is 0.331 e. The van der Waals surface area contributed by atoms with Crippen molar-refractivity contribution in [1.82, 2.24) is 0 Å². The van der Waals surface area contributed by atoms with Crippen molar-refractivity contribution in [2.45, 2.75) is 6.92 Å². The van der Waals surface area contributed by atoms with Crippen molar-refractivity contribution in [1.29, 1.82) is 0 Å². The molecule has 0 fully saturated rings. The van der Waals surface area contributed by atoms with E-state index in [-0.39, 0.29) is 5.97 Å². The van der Waals surface area contributed by atoms with E-state index in [9.17, 15) is 4.79 Å². The Morgan fingerprint density at radius 1 is 0.870 bits per heavy atom. The molecule has 4 nitrogen and oxygen atoms in total. The van der Waals surface area contributed by atoms with Crippen LogP contribution < -0.4 is 9.47 Å². The van der Waals surface area contributed by atoms with Gasteiger partial charge in [-0.3, -0.25) is 0 Å². The highest BCUT2D eigenvalue weighted by Crippen LogP contribution is 2.27. The average molecular weight is 312 g/mol. The van der Waals surface area contributed by atoms with Crippen LogP contribution >= 0.6 is 0 Å². The molecule has 0 aliphatic rings. The van der Waals surface area contributed by atoms with E-state index in [2.05, 4.69) is 0 Å². The zero-order valence-corrected chi connectivity index (χ0v) is 13.5. The summed E-state index contributed by atoms with van der Waals surface area (Å²) < 4.78 is 15.4. The van der Waals surface area contributed by atoms with Gasteiger partial charge in [0.2, 0.25) is 0 Å². The fourth-order valence-corrected chi connectivity index (χ4v) is 2.18. The van der Waals surface area contributed by atoms with Crippen LogP contribution in [0.15, 0.2) is 54.6 Å². The van der Waals surface area contributed by atoms with Gasteiger partial charge in [-0.15, -0.1) is 0 Å². The summed E-state index contributed by atoms with van der Waals surface area (Å²) in [4.78, 5) is 11.9. The summed E-state index contributed by atoms with van der Waals surface area (Å²) in [7, 11) is 3.24. The SMILES string of the molecule is CCOC(=O)C=C(c1ccc(OC)cc1)c1ccc(OC)cc1. The van der Waals surface area contributed by atoms with Gasteiger partial charge in [-0.25, -0.2) is 4.79 Å². The fraction of sp³-hybridized carbons (Fsp3) is 0.211. The smallest absolute Gasteiger partial charge is 0.331 e. The lowest BCUT2D eigenvalue weighted by atomic mass is 9.97. The Kier molecular flexibility index (Phi) is 5.80. The lowest BCUT2D eigenvalue weighted by molar-refractivity contribution is -0.137. The van der Waals surface area contributed by atoms with Gasteiger partial charge in [0.05, 0.1) is 20.8 Å². The number of carbonyl (C=O) groups is 1. The normalized spacial score (nSPS) is 9.87. The first-order valence-corrected chi connectivity index (χ1v) is 7.35. The summed E-state index contributed by atoms with van der Waals surface area (Å²) in [5.74, 6) is 1.16. The van der Waals surface area contributed by atoms with Gasteiger partial charge in [0, 0.05) is 6.08 Å². The highest BCUT2D eigenvalue weighted by Gasteiger charge is 2.09. The minimum absolute atomic E-state index is 0.341. The van der Waals surface area contributed by atoms with E-state index >= 15 is 0 Å². The molecular weight excluding hydrogens is 292 g/mol. The van der Waals surface area contributed by atoms with Gasteiger partial charge in [-0.1, -0.05) is 24.3 Å². The first-order chi connectivity index (χ1) is 11.2. The molecule has 4 heteroatoms. The monoisotopic (exact) mass is 312 g/mol. The van der Waals surface area contributed by atoms with Gasteiger partial charge in [-0.05, 0) is 47.9 Å². The molecule has 0 bridgehead atoms. The van der Waals surface area contributed by atoms with Crippen LogP contribution in [0.3, 0.4) is 0 Å². The molecule has 0 N–H and O–H groups in total. The molecule has 23 heavy (non-hydrogen) atoms. The number of rotatable bonds is 6. The van der Waals surface area contributed by atoms with Crippen LogP contribution in [0, 0.1) is 0 Å². The molecule has 0 aliphatic carbocycles. The number of methoxy groups -OCH3 is 2. The molecule has 2 aromatic carbocycles. The zero-order chi connectivity index (χ0) is 16.7. The molecule has 0 heterocycles. The Hall–Kier alpha value is -2.75. The van der Waals surface area contributed by atoms with Gasteiger partial charge in [-0.2, -0.15) is 0 Å². The Morgan fingerprint density at radius 3 is 1.65 bits per heavy atom. The summed E-state index contributed by atoms with van der Waals surface area (Å²) in [5.41, 5.74) is 2.60. The van der Waals surface area contributed by atoms with Crippen LogP contribution in [0.1, 0.15) is 18.1 Å².